The summed E-state index contributed by atoms with van der Waals surface area (Å²) in [5, 5.41) is 5.69. The first-order chi connectivity index (χ1) is 13.2. The second-order valence-corrected chi connectivity index (χ2v) is 7.53. The lowest BCUT2D eigenvalue weighted by molar-refractivity contribution is -0.120. The summed E-state index contributed by atoms with van der Waals surface area (Å²) in [6.07, 6.45) is 10.4. The molecule has 3 unspecified atom stereocenters. The van der Waals surface area contributed by atoms with E-state index in [1.165, 1.54) is 12.8 Å². The third-order valence-corrected chi connectivity index (χ3v) is 5.78. The van der Waals surface area contributed by atoms with Gasteiger partial charge in [0.05, 0.1) is 6.54 Å². The number of amides is 3. The molecule has 4 rings (SSSR count). The second kappa shape index (κ2) is 7.94. The Morgan fingerprint density at radius 1 is 1.04 bits per heavy atom. The molecule has 1 saturated heterocycles. The number of nitrogens with one attached hydrogen (secondary N) is 2. The molecule has 2 fully saturated rings. The summed E-state index contributed by atoms with van der Waals surface area (Å²) in [7, 11) is 0. The zero-order valence-electron chi connectivity index (χ0n) is 15.4. The van der Waals surface area contributed by atoms with E-state index in [9.17, 15) is 9.59 Å². The molecule has 1 aliphatic heterocycles. The average molecular weight is 370 g/mol. The molecule has 3 atom stereocenters. The van der Waals surface area contributed by atoms with Crippen LogP contribution in [0.4, 0.5) is 10.7 Å². The minimum Gasteiger partial charge on any atom is -0.354 e. The summed E-state index contributed by atoms with van der Waals surface area (Å²) < 4.78 is 0. The number of carbonyl (C=O) groups excluding carboxylic acids is 2. The maximum Gasteiger partial charge on any atom is 0.317 e. The summed E-state index contributed by atoms with van der Waals surface area (Å²) in [4.78, 5) is 36.6. The van der Waals surface area contributed by atoms with Gasteiger partial charge in [-0.2, -0.15) is 0 Å². The molecule has 1 aromatic heterocycles. The van der Waals surface area contributed by atoms with Crippen LogP contribution < -0.4 is 15.5 Å². The zero-order chi connectivity index (χ0) is 18.6. The first kappa shape index (κ1) is 17.8. The van der Waals surface area contributed by atoms with Crippen LogP contribution in [0, 0.1) is 17.8 Å². The van der Waals surface area contributed by atoms with E-state index in [0.717, 1.165) is 0 Å². The molecule has 2 aliphatic carbocycles. The number of hydrogen-bond acceptors (Lipinski definition) is 5. The van der Waals surface area contributed by atoms with E-state index in [4.69, 9.17) is 0 Å². The molecule has 0 radical (unpaired) electrons. The molecule has 2 N–H and O–H groups in total. The van der Waals surface area contributed by atoms with Crippen LogP contribution in [0.25, 0.3) is 0 Å². The average Bonchev–Trinajstić information content (AvgIpc) is 3.34. The lowest BCUT2D eigenvalue weighted by Gasteiger charge is -2.34. The van der Waals surface area contributed by atoms with Crippen LogP contribution in [0.3, 0.4) is 0 Å². The highest BCUT2D eigenvalue weighted by molar-refractivity contribution is 5.84. The van der Waals surface area contributed by atoms with Crippen molar-refractivity contribution in [2.45, 2.75) is 12.8 Å². The maximum absolute atomic E-state index is 12.3. The Morgan fingerprint density at radius 2 is 1.81 bits per heavy atom. The minimum absolute atomic E-state index is 0.0253. The van der Waals surface area contributed by atoms with Gasteiger partial charge in [0.2, 0.25) is 11.9 Å². The Kier molecular flexibility index (Phi) is 5.22. The largest absolute Gasteiger partial charge is 0.354 e. The van der Waals surface area contributed by atoms with E-state index < -0.39 is 0 Å². The van der Waals surface area contributed by atoms with Gasteiger partial charge >= 0.3 is 6.03 Å². The molecular formula is C19H26N6O2. The van der Waals surface area contributed by atoms with Gasteiger partial charge in [-0.05, 0) is 36.7 Å². The summed E-state index contributed by atoms with van der Waals surface area (Å²) in [5.74, 6) is 2.44. The van der Waals surface area contributed by atoms with Crippen LogP contribution in [0.1, 0.15) is 12.8 Å². The van der Waals surface area contributed by atoms with Crippen LogP contribution >= 0.6 is 0 Å². The number of allylic oxidation sites excluding steroid dienone is 2. The highest BCUT2D eigenvalue weighted by atomic mass is 16.2. The Labute approximate surface area is 159 Å². The van der Waals surface area contributed by atoms with Crippen molar-refractivity contribution in [3.63, 3.8) is 0 Å². The van der Waals surface area contributed by atoms with Crippen molar-refractivity contribution < 1.29 is 9.59 Å². The quantitative estimate of drug-likeness (QED) is 0.742. The first-order valence-electron chi connectivity index (χ1n) is 9.69. The van der Waals surface area contributed by atoms with Crippen molar-refractivity contribution in [1.29, 1.82) is 0 Å². The second-order valence-electron chi connectivity index (χ2n) is 7.53. The molecular weight excluding hydrogens is 344 g/mol. The van der Waals surface area contributed by atoms with Crippen LogP contribution in [0.2, 0.25) is 0 Å². The summed E-state index contributed by atoms with van der Waals surface area (Å²) in [6, 6.07) is 1.59. The number of rotatable bonds is 5. The number of fused-ring (bicyclic) bond motifs is 2. The highest BCUT2D eigenvalue weighted by Crippen LogP contribution is 2.42. The number of anilines is 1. The van der Waals surface area contributed by atoms with Crippen LogP contribution in [-0.4, -0.2) is 66.1 Å². The van der Waals surface area contributed by atoms with E-state index in [1.54, 1.807) is 23.4 Å². The van der Waals surface area contributed by atoms with Gasteiger partial charge in [-0.25, -0.2) is 14.8 Å². The van der Waals surface area contributed by atoms with Crippen molar-refractivity contribution in [2.24, 2.45) is 17.8 Å². The maximum atomic E-state index is 12.3. The van der Waals surface area contributed by atoms with Crippen molar-refractivity contribution in [1.82, 2.24) is 25.5 Å². The fraction of sp³-hybridized carbons (Fsp3) is 0.579. The highest BCUT2D eigenvalue weighted by Gasteiger charge is 2.35. The van der Waals surface area contributed by atoms with E-state index in [-0.39, 0.29) is 18.5 Å². The number of carbonyl (C=O) groups is 2. The van der Waals surface area contributed by atoms with Gasteiger partial charge in [-0.15, -0.1) is 0 Å². The van der Waals surface area contributed by atoms with Gasteiger partial charge in [0.15, 0.2) is 0 Å². The van der Waals surface area contributed by atoms with Crippen molar-refractivity contribution in [3.05, 3.63) is 30.6 Å². The Hall–Kier alpha value is -2.64. The molecule has 3 amide bonds. The fourth-order valence-electron chi connectivity index (χ4n) is 4.27. The summed E-state index contributed by atoms with van der Waals surface area (Å²) in [6.45, 7) is 3.27. The van der Waals surface area contributed by atoms with Crippen molar-refractivity contribution >= 4 is 17.9 Å². The molecule has 0 aromatic carbocycles. The van der Waals surface area contributed by atoms with E-state index >= 15 is 0 Å². The zero-order valence-corrected chi connectivity index (χ0v) is 15.4. The topological polar surface area (TPSA) is 90.5 Å². The number of hydrogen-bond donors (Lipinski definition) is 2. The number of urea groups is 1. The molecule has 8 nitrogen and oxygen atoms in total. The molecule has 144 valence electrons. The summed E-state index contributed by atoms with van der Waals surface area (Å²) in [5.41, 5.74) is 0. The third kappa shape index (κ3) is 4.20. The van der Waals surface area contributed by atoms with Crippen LogP contribution in [0.15, 0.2) is 30.6 Å². The molecule has 3 aliphatic rings. The van der Waals surface area contributed by atoms with Gasteiger partial charge in [0.1, 0.15) is 0 Å². The summed E-state index contributed by atoms with van der Waals surface area (Å²) >= 11 is 0. The molecule has 1 saturated carbocycles. The fourth-order valence-corrected chi connectivity index (χ4v) is 4.27. The lowest BCUT2D eigenvalue weighted by atomic mass is 9.94. The molecule has 2 bridgehead atoms. The normalized spacial score (nSPS) is 26.3. The number of nitrogens with zero attached hydrogens (tertiary/aromatic N) is 4. The van der Waals surface area contributed by atoms with Gasteiger partial charge in [0, 0.05) is 45.1 Å². The Balaban J connectivity index is 1.14. The molecule has 27 heavy (non-hydrogen) atoms. The van der Waals surface area contributed by atoms with Crippen LogP contribution in [0.5, 0.6) is 0 Å². The lowest BCUT2D eigenvalue weighted by Crippen LogP contribution is -2.53. The molecule has 8 heteroatoms. The third-order valence-electron chi connectivity index (χ3n) is 5.78. The first-order valence-corrected chi connectivity index (χ1v) is 9.69. The molecule has 1 aromatic rings. The van der Waals surface area contributed by atoms with Crippen molar-refractivity contribution in [3.8, 4) is 0 Å². The van der Waals surface area contributed by atoms with E-state index in [1.807, 2.05) is 0 Å². The predicted octanol–water partition coefficient (Wildman–Crippen LogP) is 0.637. The van der Waals surface area contributed by atoms with Gasteiger partial charge in [0.25, 0.3) is 0 Å². The van der Waals surface area contributed by atoms with E-state index in [0.29, 0.717) is 56.4 Å². The number of piperazine rings is 1. The molecule has 0 spiro atoms. The number of aromatic nitrogens is 2. The SMILES string of the molecule is O=C(CNC(=O)N1CCN(c2ncccn2)CC1)NCC1CC2C=CC1C2. The van der Waals surface area contributed by atoms with Crippen LogP contribution in [-0.2, 0) is 4.79 Å². The predicted molar refractivity (Wildman–Crippen MR) is 101 cm³/mol. The minimum atomic E-state index is -0.193. The standard InChI is InChI=1S/C19H26N6O2/c26-17(22-12-16-11-14-2-3-15(16)10-14)13-23-19(27)25-8-6-24(7-9-25)18-20-4-1-5-21-18/h1-5,14-16H,6-13H2,(H,22,26)(H,23,27). The molecule has 2 heterocycles. The smallest absolute Gasteiger partial charge is 0.317 e. The van der Waals surface area contributed by atoms with Crippen molar-refractivity contribution in [2.75, 3.05) is 44.2 Å². The Bertz CT molecular complexity index is 701. The monoisotopic (exact) mass is 370 g/mol. The van der Waals surface area contributed by atoms with Gasteiger partial charge in [-0.1, -0.05) is 12.2 Å². The van der Waals surface area contributed by atoms with Gasteiger partial charge in [-0.3, -0.25) is 4.79 Å². The van der Waals surface area contributed by atoms with E-state index in [2.05, 4.69) is 37.7 Å². The Morgan fingerprint density at radius 3 is 2.48 bits per heavy atom. The van der Waals surface area contributed by atoms with Gasteiger partial charge < -0.3 is 20.4 Å².